The van der Waals surface area contributed by atoms with Crippen molar-refractivity contribution in [3.05, 3.63) is 33.3 Å². The van der Waals surface area contributed by atoms with Gasteiger partial charge in [-0.1, -0.05) is 33.6 Å². The Bertz CT molecular complexity index is 389. The van der Waals surface area contributed by atoms with E-state index >= 15 is 0 Å². The Kier molecular flexibility index (Phi) is 2.67. The van der Waals surface area contributed by atoms with Crippen LogP contribution in [0.5, 0.6) is 0 Å². The normalized spacial score (nSPS) is 24.8. The average molecular weight is 274 g/mol. The van der Waals surface area contributed by atoms with Crippen molar-refractivity contribution >= 4 is 33.3 Å². The highest BCUT2D eigenvalue weighted by molar-refractivity contribution is 9.10. The molecule has 3 heteroatoms. The zero-order chi connectivity index (χ0) is 10.3. The quantitative estimate of drug-likeness (QED) is 0.801. The lowest BCUT2D eigenvalue weighted by Crippen LogP contribution is -1.95. The number of carbonyl (C=O) groups excluding carboxylic acids is 1. The van der Waals surface area contributed by atoms with Crippen LogP contribution in [0.2, 0.25) is 5.02 Å². The summed E-state index contributed by atoms with van der Waals surface area (Å²) in [7, 11) is 0. The predicted octanol–water partition coefficient (Wildman–Crippen LogP) is 3.80. The standard InChI is InChI=1S/C11H10BrClO/c1-6(14)9-5-10(9)8-3-2-7(13)4-11(8)12/h2-4,9-10H,5H2,1H3. The molecule has 1 aromatic carbocycles. The Balaban J connectivity index is 2.23. The molecule has 0 bridgehead atoms. The summed E-state index contributed by atoms with van der Waals surface area (Å²) in [5.74, 6) is 0.920. The van der Waals surface area contributed by atoms with Crippen molar-refractivity contribution in [1.82, 2.24) is 0 Å². The molecule has 1 aliphatic rings. The lowest BCUT2D eigenvalue weighted by molar-refractivity contribution is -0.118. The monoisotopic (exact) mass is 272 g/mol. The maximum Gasteiger partial charge on any atom is 0.133 e. The summed E-state index contributed by atoms with van der Waals surface area (Å²) in [6.07, 6.45) is 0.982. The van der Waals surface area contributed by atoms with Gasteiger partial charge in [0.2, 0.25) is 0 Å². The Morgan fingerprint density at radius 3 is 2.79 bits per heavy atom. The molecule has 2 atom stereocenters. The number of ketones is 1. The van der Waals surface area contributed by atoms with E-state index in [9.17, 15) is 4.79 Å². The molecule has 1 nitrogen and oxygen atoms in total. The van der Waals surface area contributed by atoms with E-state index in [-0.39, 0.29) is 11.7 Å². The van der Waals surface area contributed by atoms with Crippen LogP contribution in [0, 0.1) is 5.92 Å². The maximum atomic E-state index is 11.1. The molecule has 1 fully saturated rings. The van der Waals surface area contributed by atoms with Crippen molar-refractivity contribution < 1.29 is 4.79 Å². The van der Waals surface area contributed by atoms with Crippen LogP contribution < -0.4 is 0 Å². The highest BCUT2D eigenvalue weighted by Crippen LogP contribution is 2.50. The molecule has 0 spiro atoms. The molecular formula is C11H10BrClO. The molecule has 0 radical (unpaired) electrons. The number of rotatable bonds is 2. The largest absolute Gasteiger partial charge is 0.300 e. The van der Waals surface area contributed by atoms with Crippen LogP contribution in [-0.2, 0) is 4.79 Å². The first-order valence-electron chi connectivity index (χ1n) is 4.55. The van der Waals surface area contributed by atoms with Gasteiger partial charge in [-0.25, -0.2) is 0 Å². The molecule has 1 aliphatic carbocycles. The van der Waals surface area contributed by atoms with Gasteiger partial charge >= 0.3 is 0 Å². The van der Waals surface area contributed by atoms with Crippen LogP contribution in [0.4, 0.5) is 0 Å². The van der Waals surface area contributed by atoms with Gasteiger partial charge in [-0.3, -0.25) is 4.79 Å². The molecule has 2 unspecified atom stereocenters. The summed E-state index contributed by atoms with van der Waals surface area (Å²) in [5, 5.41) is 0.723. The van der Waals surface area contributed by atoms with E-state index < -0.39 is 0 Å². The highest BCUT2D eigenvalue weighted by atomic mass is 79.9. The summed E-state index contributed by atoms with van der Waals surface area (Å²) < 4.78 is 1.01. The maximum absolute atomic E-state index is 11.1. The van der Waals surface area contributed by atoms with Crippen LogP contribution in [0.3, 0.4) is 0 Å². The van der Waals surface area contributed by atoms with Gasteiger partial charge in [-0.05, 0) is 37.0 Å². The number of carbonyl (C=O) groups is 1. The smallest absolute Gasteiger partial charge is 0.133 e. The Morgan fingerprint density at radius 1 is 1.57 bits per heavy atom. The fourth-order valence-corrected chi connectivity index (χ4v) is 2.77. The molecule has 74 valence electrons. The second-order valence-corrected chi connectivity index (χ2v) is 5.02. The highest BCUT2D eigenvalue weighted by Gasteiger charge is 2.42. The van der Waals surface area contributed by atoms with E-state index in [1.165, 1.54) is 5.56 Å². The second kappa shape index (κ2) is 3.67. The summed E-state index contributed by atoms with van der Waals surface area (Å²) >= 11 is 9.31. The Morgan fingerprint density at radius 2 is 2.29 bits per heavy atom. The minimum Gasteiger partial charge on any atom is -0.300 e. The topological polar surface area (TPSA) is 17.1 Å². The van der Waals surface area contributed by atoms with E-state index in [1.807, 2.05) is 18.2 Å². The third kappa shape index (κ3) is 1.86. The number of benzene rings is 1. The molecule has 0 N–H and O–H groups in total. The van der Waals surface area contributed by atoms with Crippen molar-refractivity contribution in [2.45, 2.75) is 19.3 Å². The first-order valence-corrected chi connectivity index (χ1v) is 5.72. The summed E-state index contributed by atoms with van der Waals surface area (Å²) in [6.45, 7) is 1.66. The third-order valence-corrected chi connectivity index (χ3v) is 3.60. The molecule has 0 aliphatic heterocycles. The fraction of sp³-hybridized carbons (Fsp3) is 0.364. The summed E-state index contributed by atoms with van der Waals surface area (Å²) in [5.41, 5.74) is 1.20. The summed E-state index contributed by atoms with van der Waals surface area (Å²) in [4.78, 5) is 11.1. The average Bonchev–Trinajstić information content (AvgIpc) is 2.83. The SMILES string of the molecule is CC(=O)C1CC1c1ccc(Cl)cc1Br. The van der Waals surface area contributed by atoms with Gasteiger partial charge in [-0.2, -0.15) is 0 Å². The lowest BCUT2D eigenvalue weighted by Gasteiger charge is -2.02. The molecule has 0 saturated heterocycles. The lowest BCUT2D eigenvalue weighted by atomic mass is 10.1. The van der Waals surface area contributed by atoms with E-state index in [0.717, 1.165) is 15.9 Å². The Hall–Kier alpha value is -0.340. The summed E-state index contributed by atoms with van der Waals surface area (Å²) in [6, 6.07) is 5.75. The van der Waals surface area contributed by atoms with E-state index in [4.69, 9.17) is 11.6 Å². The van der Waals surface area contributed by atoms with Gasteiger partial charge in [-0.15, -0.1) is 0 Å². The Labute approximate surface area is 96.6 Å². The van der Waals surface area contributed by atoms with Gasteiger partial charge in [0.25, 0.3) is 0 Å². The molecular weight excluding hydrogens is 263 g/mol. The van der Waals surface area contributed by atoms with Gasteiger partial charge in [0.1, 0.15) is 5.78 Å². The first-order chi connectivity index (χ1) is 6.59. The minimum absolute atomic E-state index is 0.229. The van der Waals surface area contributed by atoms with Crippen molar-refractivity contribution in [3.63, 3.8) is 0 Å². The molecule has 1 saturated carbocycles. The van der Waals surface area contributed by atoms with E-state index in [1.54, 1.807) is 6.92 Å². The van der Waals surface area contributed by atoms with Crippen molar-refractivity contribution in [1.29, 1.82) is 0 Å². The number of halogens is 2. The van der Waals surface area contributed by atoms with Gasteiger partial charge < -0.3 is 0 Å². The third-order valence-electron chi connectivity index (χ3n) is 2.67. The zero-order valence-electron chi connectivity index (χ0n) is 7.76. The van der Waals surface area contributed by atoms with Crippen molar-refractivity contribution in [2.75, 3.05) is 0 Å². The van der Waals surface area contributed by atoms with Gasteiger partial charge in [0.15, 0.2) is 0 Å². The fourth-order valence-electron chi connectivity index (χ4n) is 1.79. The first kappa shape index (κ1) is 10.2. The van der Waals surface area contributed by atoms with Crippen LogP contribution in [0.15, 0.2) is 22.7 Å². The van der Waals surface area contributed by atoms with Crippen LogP contribution in [-0.4, -0.2) is 5.78 Å². The van der Waals surface area contributed by atoms with E-state index in [0.29, 0.717) is 5.92 Å². The molecule has 0 aromatic heterocycles. The van der Waals surface area contributed by atoms with Crippen molar-refractivity contribution in [3.8, 4) is 0 Å². The zero-order valence-corrected chi connectivity index (χ0v) is 10.1. The molecule has 2 rings (SSSR count). The molecule has 14 heavy (non-hydrogen) atoms. The number of hydrogen-bond acceptors (Lipinski definition) is 1. The van der Waals surface area contributed by atoms with Crippen molar-refractivity contribution in [2.24, 2.45) is 5.92 Å². The van der Waals surface area contributed by atoms with Gasteiger partial charge in [0.05, 0.1) is 0 Å². The van der Waals surface area contributed by atoms with Gasteiger partial charge in [0, 0.05) is 15.4 Å². The van der Waals surface area contributed by atoms with Crippen LogP contribution in [0.1, 0.15) is 24.8 Å². The van der Waals surface area contributed by atoms with Crippen LogP contribution in [0.25, 0.3) is 0 Å². The number of hydrogen-bond donors (Lipinski definition) is 0. The second-order valence-electron chi connectivity index (χ2n) is 3.73. The molecule has 1 aromatic rings. The number of Topliss-reactive ketones (excluding diaryl/α,β-unsaturated/α-hetero) is 1. The van der Waals surface area contributed by atoms with Crippen LogP contribution >= 0.6 is 27.5 Å². The predicted molar refractivity (Wildman–Crippen MR) is 60.7 cm³/mol. The molecule has 0 amide bonds. The molecule has 0 heterocycles. The van der Waals surface area contributed by atoms with E-state index in [2.05, 4.69) is 15.9 Å². The minimum atomic E-state index is 0.229.